The molecule has 1 saturated heterocycles. The van der Waals surface area contributed by atoms with Crippen LogP contribution in [0.2, 0.25) is 0 Å². The van der Waals surface area contributed by atoms with Crippen molar-refractivity contribution in [3.63, 3.8) is 0 Å². The first-order valence-electron chi connectivity index (χ1n) is 3.29. The van der Waals surface area contributed by atoms with E-state index in [1.165, 1.54) is 0 Å². The Balaban J connectivity index is 2.15. The van der Waals surface area contributed by atoms with Crippen molar-refractivity contribution in [1.82, 2.24) is 4.90 Å². The van der Waals surface area contributed by atoms with Crippen molar-refractivity contribution in [3.8, 4) is 0 Å². The second-order valence-corrected chi connectivity index (χ2v) is 3.37. The summed E-state index contributed by atoms with van der Waals surface area (Å²) >= 11 is 1.75. The standard InChI is InChI=1S/C6H12N2OS/c1-10-3-2-8-4-5(7)6(8)9/h5H,2-4,7H2,1H3. The van der Waals surface area contributed by atoms with Crippen LogP contribution in [0, 0.1) is 0 Å². The fourth-order valence-electron chi connectivity index (χ4n) is 0.931. The summed E-state index contributed by atoms with van der Waals surface area (Å²) in [6, 6.07) is -0.207. The van der Waals surface area contributed by atoms with E-state index in [9.17, 15) is 4.79 Å². The van der Waals surface area contributed by atoms with Gasteiger partial charge in [-0.15, -0.1) is 0 Å². The number of nitrogens with two attached hydrogens (primary N) is 1. The highest BCUT2D eigenvalue weighted by molar-refractivity contribution is 7.98. The van der Waals surface area contributed by atoms with Gasteiger partial charge >= 0.3 is 0 Å². The Kier molecular flexibility index (Phi) is 2.56. The van der Waals surface area contributed by atoms with Crippen LogP contribution >= 0.6 is 11.8 Å². The van der Waals surface area contributed by atoms with Crippen LogP contribution in [0.5, 0.6) is 0 Å². The van der Waals surface area contributed by atoms with Crippen LogP contribution < -0.4 is 5.73 Å². The molecule has 1 atom stereocenters. The second-order valence-electron chi connectivity index (χ2n) is 2.38. The number of hydrogen-bond acceptors (Lipinski definition) is 3. The number of rotatable bonds is 3. The molecule has 0 aromatic carbocycles. The first kappa shape index (κ1) is 7.88. The molecule has 0 bridgehead atoms. The average Bonchev–Trinajstić information content (AvgIpc) is 1.97. The van der Waals surface area contributed by atoms with Gasteiger partial charge in [-0.3, -0.25) is 4.79 Å². The topological polar surface area (TPSA) is 46.3 Å². The summed E-state index contributed by atoms with van der Waals surface area (Å²) < 4.78 is 0. The molecule has 1 fully saturated rings. The van der Waals surface area contributed by atoms with Gasteiger partial charge < -0.3 is 10.6 Å². The van der Waals surface area contributed by atoms with E-state index in [4.69, 9.17) is 5.73 Å². The van der Waals surface area contributed by atoms with E-state index in [-0.39, 0.29) is 11.9 Å². The van der Waals surface area contributed by atoms with Crippen LogP contribution in [-0.2, 0) is 4.79 Å². The Morgan fingerprint density at radius 1 is 1.90 bits per heavy atom. The molecule has 0 radical (unpaired) electrons. The summed E-state index contributed by atoms with van der Waals surface area (Å²) in [7, 11) is 0. The van der Waals surface area contributed by atoms with Gasteiger partial charge in [-0.2, -0.15) is 11.8 Å². The fraction of sp³-hybridized carbons (Fsp3) is 0.833. The minimum atomic E-state index is -0.207. The average molecular weight is 160 g/mol. The molecular formula is C6H12N2OS. The molecule has 4 heteroatoms. The zero-order valence-electron chi connectivity index (χ0n) is 6.04. The lowest BCUT2D eigenvalue weighted by atomic mass is 10.1. The SMILES string of the molecule is CSCCN1CC(N)C1=O. The molecule has 1 heterocycles. The molecule has 2 N–H and O–H groups in total. The van der Waals surface area contributed by atoms with Crippen LogP contribution in [0.1, 0.15) is 0 Å². The van der Waals surface area contributed by atoms with Gasteiger partial charge in [-0.05, 0) is 6.26 Å². The number of nitrogens with zero attached hydrogens (tertiary/aromatic N) is 1. The lowest BCUT2D eigenvalue weighted by molar-refractivity contribution is -0.141. The molecule has 58 valence electrons. The van der Waals surface area contributed by atoms with Crippen LogP contribution in [0.3, 0.4) is 0 Å². The van der Waals surface area contributed by atoms with Crippen molar-refractivity contribution in [2.24, 2.45) is 5.73 Å². The van der Waals surface area contributed by atoms with Crippen LogP contribution in [0.4, 0.5) is 0 Å². The number of hydrogen-bond donors (Lipinski definition) is 1. The van der Waals surface area contributed by atoms with E-state index in [0.29, 0.717) is 0 Å². The molecule has 0 aliphatic carbocycles. The number of thioether (sulfide) groups is 1. The van der Waals surface area contributed by atoms with Gasteiger partial charge in [0.15, 0.2) is 0 Å². The normalized spacial score (nSPS) is 24.8. The fourth-order valence-corrected chi connectivity index (χ4v) is 1.33. The van der Waals surface area contributed by atoms with Crippen LogP contribution in [0.25, 0.3) is 0 Å². The molecule has 0 saturated carbocycles. The zero-order valence-corrected chi connectivity index (χ0v) is 6.86. The molecule has 10 heavy (non-hydrogen) atoms. The van der Waals surface area contributed by atoms with Gasteiger partial charge in [-0.1, -0.05) is 0 Å². The highest BCUT2D eigenvalue weighted by Crippen LogP contribution is 2.07. The number of carbonyl (C=O) groups is 1. The predicted molar refractivity (Wildman–Crippen MR) is 42.9 cm³/mol. The van der Waals surface area contributed by atoms with Crippen molar-refractivity contribution in [2.45, 2.75) is 6.04 Å². The second kappa shape index (κ2) is 3.25. The first-order valence-corrected chi connectivity index (χ1v) is 4.68. The van der Waals surface area contributed by atoms with E-state index >= 15 is 0 Å². The maximum absolute atomic E-state index is 10.9. The third-order valence-electron chi connectivity index (χ3n) is 1.61. The summed E-state index contributed by atoms with van der Waals surface area (Å²) in [4.78, 5) is 12.7. The van der Waals surface area contributed by atoms with Crippen molar-refractivity contribution < 1.29 is 4.79 Å². The Morgan fingerprint density at radius 3 is 3.00 bits per heavy atom. The molecular weight excluding hydrogens is 148 g/mol. The molecule has 1 aliphatic rings. The molecule has 0 spiro atoms. The Morgan fingerprint density at radius 2 is 2.60 bits per heavy atom. The minimum Gasteiger partial charge on any atom is -0.338 e. The molecule has 0 aromatic rings. The van der Waals surface area contributed by atoms with Gasteiger partial charge in [0, 0.05) is 18.8 Å². The minimum absolute atomic E-state index is 0.106. The lowest BCUT2D eigenvalue weighted by Gasteiger charge is -2.35. The Bertz CT molecular complexity index is 140. The van der Waals surface area contributed by atoms with Gasteiger partial charge in [-0.25, -0.2) is 0 Å². The van der Waals surface area contributed by atoms with Crippen molar-refractivity contribution in [3.05, 3.63) is 0 Å². The summed E-state index contributed by atoms with van der Waals surface area (Å²) in [6.45, 7) is 1.60. The third-order valence-corrected chi connectivity index (χ3v) is 2.20. The maximum atomic E-state index is 10.9. The highest BCUT2D eigenvalue weighted by atomic mass is 32.2. The molecule has 3 nitrogen and oxygen atoms in total. The van der Waals surface area contributed by atoms with E-state index in [0.717, 1.165) is 18.8 Å². The summed E-state index contributed by atoms with van der Waals surface area (Å²) in [6.07, 6.45) is 2.03. The molecule has 1 unspecified atom stereocenters. The molecule has 0 aromatic heterocycles. The highest BCUT2D eigenvalue weighted by Gasteiger charge is 2.32. The summed E-state index contributed by atoms with van der Waals surface area (Å²) in [5, 5.41) is 0. The summed E-state index contributed by atoms with van der Waals surface area (Å²) in [5.74, 6) is 1.12. The van der Waals surface area contributed by atoms with E-state index < -0.39 is 0 Å². The molecule has 1 rings (SSSR count). The number of likely N-dealkylation sites (tertiary alicyclic amines) is 1. The van der Waals surface area contributed by atoms with Gasteiger partial charge in [0.25, 0.3) is 0 Å². The lowest BCUT2D eigenvalue weighted by Crippen LogP contribution is -2.61. The largest absolute Gasteiger partial charge is 0.338 e. The summed E-state index contributed by atoms with van der Waals surface area (Å²) in [5.41, 5.74) is 5.39. The van der Waals surface area contributed by atoms with Gasteiger partial charge in [0.1, 0.15) is 6.04 Å². The van der Waals surface area contributed by atoms with E-state index in [1.807, 2.05) is 6.26 Å². The Hall–Kier alpha value is -0.220. The van der Waals surface area contributed by atoms with Crippen molar-refractivity contribution in [1.29, 1.82) is 0 Å². The Labute approximate surface area is 64.9 Å². The van der Waals surface area contributed by atoms with Crippen molar-refractivity contribution in [2.75, 3.05) is 25.1 Å². The number of amides is 1. The van der Waals surface area contributed by atoms with Crippen LogP contribution in [0.15, 0.2) is 0 Å². The van der Waals surface area contributed by atoms with Crippen molar-refractivity contribution >= 4 is 17.7 Å². The van der Waals surface area contributed by atoms with Crippen LogP contribution in [-0.4, -0.2) is 41.9 Å². The predicted octanol–water partition coefficient (Wildman–Crippen LogP) is -0.481. The van der Waals surface area contributed by atoms with Gasteiger partial charge in [0.2, 0.25) is 5.91 Å². The molecule has 1 aliphatic heterocycles. The molecule has 1 amide bonds. The third kappa shape index (κ3) is 1.44. The number of β-lactam (4-membered cyclic amide) rings is 1. The van der Waals surface area contributed by atoms with E-state index in [2.05, 4.69) is 0 Å². The smallest absolute Gasteiger partial charge is 0.241 e. The monoisotopic (exact) mass is 160 g/mol. The quantitative estimate of drug-likeness (QED) is 0.567. The van der Waals surface area contributed by atoms with Gasteiger partial charge in [0.05, 0.1) is 0 Å². The first-order chi connectivity index (χ1) is 4.75. The van der Waals surface area contributed by atoms with E-state index in [1.54, 1.807) is 16.7 Å². The maximum Gasteiger partial charge on any atom is 0.241 e. The zero-order chi connectivity index (χ0) is 7.56. The number of carbonyl (C=O) groups excluding carboxylic acids is 1.